The van der Waals surface area contributed by atoms with Gasteiger partial charge in [-0.05, 0) is 74.1 Å². The van der Waals surface area contributed by atoms with Gasteiger partial charge < -0.3 is 19.7 Å². The summed E-state index contributed by atoms with van der Waals surface area (Å²) in [6.45, 7) is 3.61. The standard InChI is InChI=1S/C23H31F3N2O3/c1-2-15-11-16-3-8-20(17(12-15)13-16)27-22(29)21-14-28(9-10-30-21)18-4-6-19(7-5-18)31-23(24,25)26/h4-7,15-17,20-21H,2-3,8-14H2,1H3,(H,27,29)/t15?,16?,17?,20-,21?/m0/s1. The number of carbonyl (C=O) groups excluding carboxylic acids is 1. The van der Waals surface area contributed by atoms with Crippen LogP contribution in [0.3, 0.4) is 0 Å². The molecule has 0 aromatic heterocycles. The Morgan fingerprint density at radius 2 is 1.97 bits per heavy atom. The summed E-state index contributed by atoms with van der Waals surface area (Å²) in [5.41, 5.74) is 0.745. The largest absolute Gasteiger partial charge is 0.573 e. The molecule has 0 spiro atoms. The minimum Gasteiger partial charge on any atom is -0.406 e. The van der Waals surface area contributed by atoms with Crippen molar-refractivity contribution in [3.8, 4) is 5.75 Å². The number of hydrogen-bond acceptors (Lipinski definition) is 4. The maximum absolute atomic E-state index is 13.0. The lowest BCUT2D eigenvalue weighted by Gasteiger charge is -2.44. The van der Waals surface area contributed by atoms with E-state index in [2.05, 4.69) is 17.0 Å². The molecule has 1 aromatic rings. The molecule has 3 fully saturated rings. The number of carbonyl (C=O) groups is 1. The molecule has 2 bridgehead atoms. The molecule has 0 radical (unpaired) electrons. The second-order valence-electron chi connectivity index (χ2n) is 9.15. The van der Waals surface area contributed by atoms with E-state index < -0.39 is 12.5 Å². The lowest BCUT2D eigenvalue weighted by atomic mass is 9.65. The zero-order valence-corrected chi connectivity index (χ0v) is 17.9. The molecule has 1 heterocycles. The van der Waals surface area contributed by atoms with Crippen LogP contribution in [0, 0.1) is 17.8 Å². The predicted molar refractivity (Wildman–Crippen MR) is 111 cm³/mol. The number of alkyl halides is 3. The van der Waals surface area contributed by atoms with Gasteiger partial charge in [-0.15, -0.1) is 13.2 Å². The van der Waals surface area contributed by atoms with Crippen molar-refractivity contribution in [1.29, 1.82) is 0 Å². The Balaban J connectivity index is 1.33. The summed E-state index contributed by atoms with van der Waals surface area (Å²) in [5, 5.41) is 3.26. The third-order valence-electron chi connectivity index (χ3n) is 7.09. The van der Waals surface area contributed by atoms with Gasteiger partial charge in [-0.25, -0.2) is 0 Å². The number of rotatable bonds is 5. The number of amides is 1. The SMILES string of the molecule is CCC1CC2CC[C@H](NC(=O)C3CN(c4ccc(OC(F)(F)F)cc4)CCO3)C(C1)C2. The molecule has 1 aliphatic heterocycles. The number of nitrogens with zero attached hydrogens (tertiary/aromatic N) is 1. The first-order chi connectivity index (χ1) is 14.8. The van der Waals surface area contributed by atoms with Crippen LogP contribution in [0.15, 0.2) is 24.3 Å². The molecule has 2 saturated carbocycles. The molecule has 4 rings (SSSR count). The van der Waals surface area contributed by atoms with Gasteiger partial charge in [0.2, 0.25) is 0 Å². The highest BCUT2D eigenvalue weighted by atomic mass is 19.4. The summed E-state index contributed by atoms with van der Waals surface area (Å²) in [6.07, 6.45) is 1.88. The minimum atomic E-state index is -4.71. The summed E-state index contributed by atoms with van der Waals surface area (Å²) in [4.78, 5) is 14.9. The maximum atomic E-state index is 13.0. The van der Waals surface area contributed by atoms with Crippen molar-refractivity contribution in [2.75, 3.05) is 24.6 Å². The molecule has 1 amide bonds. The summed E-state index contributed by atoms with van der Waals surface area (Å²) >= 11 is 0. The molecule has 1 saturated heterocycles. The molecule has 5 atom stereocenters. The first-order valence-corrected chi connectivity index (χ1v) is 11.3. The normalized spacial score (nSPS) is 31.2. The zero-order chi connectivity index (χ0) is 22.0. The van der Waals surface area contributed by atoms with E-state index in [-0.39, 0.29) is 17.7 Å². The van der Waals surface area contributed by atoms with E-state index in [9.17, 15) is 18.0 Å². The fraction of sp³-hybridized carbons (Fsp3) is 0.696. The van der Waals surface area contributed by atoms with E-state index >= 15 is 0 Å². The highest BCUT2D eigenvalue weighted by Gasteiger charge is 2.39. The fourth-order valence-corrected chi connectivity index (χ4v) is 5.53. The number of benzene rings is 1. The third kappa shape index (κ3) is 5.64. The molecule has 31 heavy (non-hydrogen) atoms. The molecule has 3 aliphatic rings. The lowest BCUT2D eigenvalue weighted by molar-refractivity contribution is -0.274. The maximum Gasteiger partial charge on any atom is 0.573 e. The van der Waals surface area contributed by atoms with Crippen molar-refractivity contribution in [2.24, 2.45) is 17.8 Å². The van der Waals surface area contributed by atoms with Crippen molar-refractivity contribution < 1.29 is 27.4 Å². The van der Waals surface area contributed by atoms with Crippen LogP contribution in [0.4, 0.5) is 18.9 Å². The molecular weight excluding hydrogens is 409 g/mol. The van der Waals surface area contributed by atoms with Crippen LogP contribution >= 0.6 is 0 Å². The Bertz CT molecular complexity index is 755. The molecule has 8 heteroatoms. The first-order valence-electron chi connectivity index (χ1n) is 11.3. The van der Waals surface area contributed by atoms with Gasteiger partial charge >= 0.3 is 6.36 Å². The summed E-state index contributed by atoms with van der Waals surface area (Å²) in [6, 6.07) is 5.96. The molecular formula is C23H31F3N2O3. The van der Waals surface area contributed by atoms with E-state index in [1.165, 1.54) is 44.2 Å². The molecule has 5 nitrogen and oxygen atoms in total. The van der Waals surface area contributed by atoms with Crippen molar-refractivity contribution in [3.63, 3.8) is 0 Å². The first kappa shape index (κ1) is 22.2. The van der Waals surface area contributed by atoms with Gasteiger partial charge in [0.25, 0.3) is 5.91 Å². The molecule has 1 N–H and O–H groups in total. The summed E-state index contributed by atoms with van der Waals surface area (Å²) in [7, 11) is 0. The van der Waals surface area contributed by atoms with Crippen LogP contribution in [0.25, 0.3) is 0 Å². The van der Waals surface area contributed by atoms with E-state index in [1.54, 1.807) is 12.1 Å². The Morgan fingerprint density at radius 1 is 1.19 bits per heavy atom. The van der Waals surface area contributed by atoms with E-state index in [0.29, 0.717) is 25.6 Å². The third-order valence-corrected chi connectivity index (χ3v) is 7.09. The Hall–Kier alpha value is -1.96. The van der Waals surface area contributed by atoms with Crippen LogP contribution < -0.4 is 15.0 Å². The van der Waals surface area contributed by atoms with Gasteiger partial charge in [-0.2, -0.15) is 0 Å². The average Bonchev–Trinajstić information content (AvgIpc) is 2.75. The quantitative estimate of drug-likeness (QED) is 0.732. The van der Waals surface area contributed by atoms with E-state index in [4.69, 9.17) is 4.74 Å². The number of fused-ring (bicyclic) bond motifs is 2. The molecule has 1 aromatic carbocycles. The topological polar surface area (TPSA) is 50.8 Å². The summed E-state index contributed by atoms with van der Waals surface area (Å²) in [5.74, 6) is 1.80. The molecule has 4 unspecified atom stereocenters. The highest BCUT2D eigenvalue weighted by Crippen LogP contribution is 2.43. The number of halogens is 3. The number of morpholine rings is 1. The average molecular weight is 441 g/mol. The zero-order valence-electron chi connectivity index (χ0n) is 17.9. The number of ether oxygens (including phenoxy) is 2. The van der Waals surface area contributed by atoms with Crippen LogP contribution in [-0.2, 0) is 9.53 Å². The lowest BCUT2D eigenvalue weighted by Crippen LogP contribution is -2.54. The number of anilines is 1. The number of nitrogens with one attached hydrogen (secondary N) is 1. The Morgan fingerprint density at radius 3 is 2.68 bits per heavy atom. The Kier molecular flexibility index (Phi) is 6.65. The van der Waals surface area contributed by atoms with Crippen molar-refractivity contribution in [2.45, 2.75) is 64.0 Å². The van der Waals surface area contributed by atoms with Gasteiger partial charge in [0.15, 0.2) is 6.10 Å². The van der Waals surface area contributed by atoms with Crippen molar-refractivity contribution in [1.82, 2.24) is 5.32 Å². The van der Waals surface area contributed by atoms with Crippen LogP contribution in [-0.4, -0.2) is 44.1 Å². The highest BCUT2D eigenvalue weighted by molar-refractivity contribution is 5.82. The van der Waals surface area contributed by atoms with Gasteiger partial charge in [-0.1, -0.05) is 13.3 Å². The Labute approximate surface area is 181 Å². The second-order valence-corrected chi connectivity index (χ2v) is 9.15. The van der Waals surface area contributed by atoms with Crippen LogP contribution in [0.1, 0.15) is 45.4 Å². The smallest absolute Gasteiger partial charge is 0.406 e. The van der Waals surface area contributed by atoms with Crippen molar-refractivity contribution >= 4 is 11.6 Å². The van der Waals surface area contributed by atoms with Gasteiger partial charge in [0, 0.05) is 18.3 Å². The number of hydrogen-bond donors (Lipinski definition) is 1. The van der Waals surface area contributed by atoms with Crippen molar-refractivity contribution in [3.05, 3.63) is 24.3 Å². The molecule has 172 valence electrons. The minimum absolute atomic E-state index is 0.0798. The van der Waals surface area contributed by atoms with Gasteiger partial charge in [0.05, 0.1) is 13.2 Å². The molecule has 2 aliphatic carbocycles. The fourth-order valence-electron chi connectivity index (χ4n) is 5.53. The predicted octanol–water partition coefficient (Wildman–Crippen LogP) is 4.51. The second kappa shape index (κ2) is 9.27. The van der Waals surface area contributed by atoms with Crippen LogP contribution in [0.5, 0.6) is 5.75 Å². The monoisotopic (exact) mass is 440 g/mol. The van der Waals surface area contributed by atoms with Gasteiger partial charge in [0.1, 0.15) is 5.75 Å². The van der Waals surface area contributed by atoms with E-state index in [1.807, 2.05) is 4.90 Å². The van der Waals surface area contributed by atoms with Crippen LogP contribution in [0.2, 0.25) is 0 Å². The van der Waals surface area contributed by atoms with Gasteiger partial charge in [-0.3, -0.25) is 4.79 Å². The van der Waals surface area contributed by atoms with E-state index in [0.717, 1.165) is 23.9 Å². The summed E-state index contributed by atoms with van der Waals surface area (Å²) < 4.78 is 46.7.